The average Bonchev–Trinajstić information content (AvgIpc) is 3.07. The summed E-state index contributed by atoms with van der Waals surface area (Å²) in [5, 5.41) is 5.67. The number of carbonyl (C=O) groups excluding carboxylic acids is 2. The molecule has 27 heavy (non-hydrogen) atoms. The SMILES string of the molecule is CC(C)CCNc1nc(C(=O)OCC(=O)C23CC4CC(CC(C4)C2)C3)cs1. The van der Waals surface area contributed by atoms with E-state index >= 15 is 0 Å². The molecule has 6 heteroatoms. The highest BCUT2D eigenvalue weighted by atomic mass is 32.1. The number of nitrogens with zero attached hydrogens (tertiary/aromatic N) is 1. The number of nitrogens with one attached hydrogen (secondary N) is 1. The van der Waals surface area contributed by atoms with Gasteiger partial charge in [-0.1, -0.05) is 13.8 Å². The van der Waals surface area contributed by atoms with Crippen LogP contribution in [-0.4, -0.2) is 29.9 Å². The number of carbonyl (C=O) groups is 2. The first kappa shape index (κ1) is 18.9. The Balaban J connectivity index is 1.29. The van der Waals surface area contributed by atoms with E-state index in [9.17, 15) is 9.59 Å². The van der Waals surface area contributed by atoms with Crippen LogP contribution in [0.3, 0.4) is 0 Å². The minimum absolute atomic E-state index is 0.0986. The van der Waals surface area contributed by atoms with Crippen LogP contribution in [0.5, 0.6) is 0 Å². The van der Waals surface area contributed by atoms with Crippen molar-refractivity contribution in [1.82, 2.24) is 4.98 Å². The van der Waals surface area contributed by atoms with Gasteiger partial charge in [0.25, 0.3) is 0 Å². The Morgan fingerprint density at radius 2 is 1.85 bits per heavy atom. The van der Waals surface area contributed by atoms with Crippen LogP contribution in [0.15, 0.2) is 5.38 Å². The number of ketones is 1. The van der Waals surface area contributed by atoms with Gasteiger partial charge in [-0.2, -0.15) is 0 Å². The quantitative estimate of drug-likeness (QED) is 0.660. The van der Waals surface area contributed by atoms with Gasteiger partial charge in [-0.25, -0.2) is 9.78 Å². The number of esters is 1. The molecule has 0 saturated heterocycles. The predicted molar refractivity (Wildman–Crippen MR) is 106 cm³/mol. The summed E-state index contributed by atoms with van der Waals surface area (Å²) in [5.74, 6) is 2.43. The minimum Gasteiger partial charge on any atom is -0.453 e. The molecule has 1 aromatic rings. The molecule has 1 N–H and O–H groups in total. The molecule has 4 saturated carbocycles. The minimum atomic E-state index is -0.485. The van der Waals surface area contributed by atoms with Gasteiger partial charge in [-0.15, -0.1) is 11.3 Å². The number of Topliss-reactive ketones (excluding diaryl/α,β-unsaturated/α-hetero) is 1. The monoisotopic (exact) mass is 390 g/mol. The molecule has 0 radical (unpaired) electrons. The van der Waals surface area contributed by atoms with E-state index in [1.165, 1.54) is 30.6 Å². The summed E-state index contributed by atoms with van der Waals surface area (Å²) in [4.78, 5) is 29.5. The number of hydrogen-bond acceptors (Lipinski definition) is 6. The van der Waals surface area contributed by atoms with Crippen molar-refractivity contribution in [2.24, 2.45) is 29.1 Å². The summed E-state index contributed by atoms with van der Waals surface area (Å²) in [5.41, 5.74) is 0.0890. The lowest BCUT2D eigenvalue weighted by molar-refractivity contribution is -0.147. The van der Waals surface area contributed by atoms with Crippen molar-refractivity contribution in [1.29, 1.82) is 0 Å². The smallest absolute Gasteiger partial charge is 0.358 e. The maximum absolute atomic E-state index is 12.9. The van der Waals surface area contributed by atoms with E-state index in [1.54, 1.807) is 5.38 Å². The molecule has 4 aliphatic rings. The first-order valence-electron chi connectivity index (χ1n) is 10.3. The van der Waals surface area contributed by atoms with Gasteiger partial charge in [0.1, 0.15) is 0 Å². The van der Waals surface area contributed by atoms with E-state index < -0.39 is 5.97 Å². The molecule has 0 spiro atoms. The van der Waals surface area contributed by atoms with Crippen LogP contribution in [0, 0.1) is 29.1 Å². The number of thiazole rings is 1. The molecule has 0 aliphatic heterocycles. The number of hydrogen-bond donors (Lipinski definition) is 1. The second kappa shape index (κ2) is 7.53. The van der Waals surface area contributed by atoms with Crippen LogP contribution in [-0.2, 0) is 9.53 Å². The van der Waals surface area contributed by atoms with Crippen molar-refractivity contribution in [3.05, 3.63) is 11.1 Å². The lowest BCUT2D eigenvalue weighted by atomic mass is 9.48. The number of rotatable bonds is 8. The molecular formula is C21H30N2O3S. The third-order valence-corrected chi connectivity index (χ3v) is 7.48. The molecule has 1 aromatic heterocycles. The van der Waals surface area contributed by atoms with Crippen molar-refractivity contribution in [3.8, 4) is 0 Å². The summed E-state index contributed by atoms with van der Waals surface area (Å²) in [6, 6.07) is 0. The highest BCUT2D eigenvalue weighted by Gasteiger charge is 2.54. The fourth-order valence-electron chi connectivity index (χ4n) is 5.73. The van der Waals surface area contributed by atoms with Crippen molar-refractivity contribution in [3.63, 3.8) is 0 Å². The van der Waals surface area contributed by atoms with Crippen molar-refractivity contribution in [2.45, 2.75) is 58.8 Å². The predicted octanol–water partition coefficient (Wildman–Crippen LogP) is 4.54. The van der Waals surface area contributed by atoms with E-state index in [1.807, 2.05) is 0 Å². The number of ether oxygens (including phenoxy) is 1. The Kier molecular flexibility index (Phi) is 5.28. The third-order valence-electron chi connectivity index (χ3n) is 6.68. The van der Waals surface area contributed by atoms with Gasteiger partial charge in [-0.3, -0.25) is 4.79 Å². The molecular weight excluding hydrogens is 360 g/mol. The zero-order chi connectivity index (χ0) is 19.0. The average molecular weight is 391 g/mol. The van der Waals surface area contributed by atoms with Crippen LogP contribution < -0.4 is 5.32 Å². The molecule has 0 unspecified atom stereocenters. The Morgan fingerprint density at radius 3 is 2.44 bits per heavy atom. The third kappa shape index (κ3) is 4.05. The molecule has 4 fully saturated rings. The van der Waals surface area contributed by atoms with Gasteiger partial charge in [0.15, 0.2) is 23.2 Å². The van der Waals surface area contributed by atoms with Crippen molar-refractivity contribution < 1.29 is 14.3 Å². The molecule has 4 bridgehead atoms. The summed E-state index contributed by atoms with van der Waals surface area (Å²) in [6.45, 7) is 5.09. The maximum Gasteiger partial charge on any atom is 0.358 e. The normalized spacial score (nSPS) is 31.3. The second-order valence-corrected chi connectivity index (χ2v) is 10.2. The molecule has 4 aliphatic carbocycles. The van der Waals surface area contributed by atoms with E-state index in [2.05, 4.69) is 24.1 Å². The lowest BCUT2D eigenvalue weighted by Gasteiger charge is -2.55. The van der Waals surface area contributed by atoms with Gasteiger partial charge in [0.05, 0.1) is 0 Å². The topological polar surface area (TPSA) is 68.3 Å². The van der Waals surface area contributed by atoms with Gasteiger partial charge in [0, 0.05) is 17.3 Å². The van der Waals surface area contributed by atoms with Crippen LogP contribution in [0.1, 0.15) is 69.3 Å². The Hall–Kier alpha value is -1.43. The molecule has 148 valence electrons. The van der Waals surface area contributed by atoms with Gasteiger partial charge in [0.2, 0.25) is 0 Å². The Morgan fingerprint density at radius 1 is 1.22 bits per heavy atom. The summed E-state index contributed by atoms with van der Waals surface area (Å²) in [6.07, 6.45) is 7.99. The first-order chi connectivity index (χ1) is 12.9. The second-order valence-electron chi connectivity index (χ2n) is 9.34. The Bertz CT molecular complexity index is 677. The standard InChI is InChI=1S/C21H30N2O3S/c1-13(2)3-4-22-20-23-17(12-27-20)19(25)26-11-18(24)21-8-14-5-15(9-21)7-16(6-14)10-21/h12-16H,3-11H2,1-2H3,(H,22,23). The zero-order valence-electron chi connectivity index (χ0n) is 16.3. The number of anilines is 1. The summed E-state index contributed by atoms with van der Waals surface area (Å²) < 4.78 is 5.36. The molecule has 5 rings (SSSR count). The van der Waals surface area contributed by atoms with Crippen molar-refractivity contribution >= 4 is 28.2 Å². The highest BCUT2D eigenvalue weighted by molar-refractivity contribution is 7.13. The molecule has 5 nitrogen and oxygen atoms in total. The van der Waals surface area contributed by atoms with E-state index in [0.29, 0.717) is 29.4 Å². The summed E-state index contributed by atoms with van der Waals surface area (Å²) in [7, 11) is 0. The Labute approximate surface area is 165 Å². The van der Waals surface area contributed by atoms with Crippen LogP contribution >= 0.6 is 11.3 Å². The number of aromatic nitrogens is 1. The largest absolute Gasteiger partial charge is 0.453 e. The van der Waals surface area contributed by atoms with Gasteiger partial charge < -0.3 is 10.1 Å². The summed E-state index contributed by atoms with van der Waals surface area (Å²) >= 11 is 1.40. The molecule has 0 atom stereocenters. The van der Waals surface area contributed by atoms with Gasteiger partial charge in [-0.05, 0) is 68.6 Å². The molecule has 0 aromatic carbocycles. The van der Waals surface area contributed by atoms with E-state index in [0.717, 1.165) is 37.4 Å². The zero-order valence-corrected chi connectivity index (χ0v) is 17.1. The molecule has 0 amide bonds. The van der Waals surface area contributed by atoms with Gasteiger partial charge >= 0.3 is 5.97 Å². The van der Waals surface area contributed by atoms with Crippen LogP contribution in [0.4, 0.5) is 5.13 Å². The maximum atomic E-state index is 12.9. The highest BCUT2D eigenvalue weighted by Crippen LogP contribution is 2.60. The first-order valence-corrected chi connectivity index (χ1v) is 11.2. The van der Waals surface area contributed by atoms with E-state index in [4.69, 9.17) is 4.74 Å². The fourth-order valence-corrected chi connectivity index (χ4v) is 6.44. The fraction of sp³-hybridized carbons (Fsp3) is 0.762. The lowest BCUT2D eigenvalue weighted by Crippen LogP contribution is -2.51. The molecule has 1 heterocycles. The van der Waals surface area contributed by atoms with Crippen LogP contribution in [0.2, 0.25) is 0 Å². The van der Waals surface area contributed by atoms with Crippen molar-refractivity contribution in [2.75, 3.05) is 18.5 Å². The van der Waals surface area contributed by atoms with E-state index in [-0.39, 0.29) is 17.8 Å². The van der Waals surface area contributed by atoms with Crippen LogP contribution in [0.25, 0.3) is 0 Å².